The van der Waals surface area contributed by atoms with Crippen LogP contribution in [0.5, 0.6) is 0 Å². The molecule has 0 heterocycles. The standard InChI is InChI=1S/C17H26N2O3/c1-18(2)15-11-9-14(10-12-15)17(21)19(3)13-7-5-6-8-16(20)22-4/h9-12H,5-8,13H2,1-4H3. The van der Waals surface area contributed by atoms with Gasteiger partial charge in [0.05, 0.1) is 7.11 Å². The Morgan fingerprint density at radius 3 is 2.18 bits per heavy atom. The van der Waals surface area contributed by atoms with Gasteiger partial charge in [-0.3, -0.25) is 9.59 Å². The molecular formula is C17H26N2O3. The fraction of sp³-hybridized carbons (Fsp3) is 0.529. The van der Waals surface area contributed by atoms with E-state index in [9.17, 15) is 9.59 Å². The predicted molar refractivity (Wildman–Crippen MR) is 88.2 cm³/mol. The second-order valence-electron chi connectivity index (χ2n) is 5.55. The van der Waals surface area contributed by atoms with Crippen LogP contribution < -0.4 is 4.90 Å². The van der Waals surface area contributed by atoms with E-state index >= 15 is 0 Å². The summed E-state index contributed by atoms with van der Waals surface area (Å²) in [6.07, 6.45) is 3.04. The van der Waals surface area contributed by atoms with E-state index in [2.05, 4.69) is 4.74 Å². The van der Waals surface area contributed by atoms with Gasteiger partial charge in [-0.15, -0.1) is 0 Å². The first-order valence-electron chi connectivity index (χ1n) is 7.55. The Morgan fingerprint density at radius 1 is 1.00 bits per heavy atom. The number of hydrogen-bond acceptors (Lipinski definition) is 4. The molecule has 0 radical (unpaired) electrons. The zero-order valence-electron chi connectivity index (χ0n) is 14.0. The number of carbonyl (C=O) groups is 2. The van der Waals surface area contributed by atoms with Crippen molar-refractivity contribution in [2.24, 2.45) is 0 Å². The maximum atomic E-state index is 12.3. The second kappa shape index (κ2) is 9.07. The lowest BCUT2D eigenvalue weighted by Gasteiger charge is -2.18. The Kier molecular flexibility index (Phi) is 7.43. The minimum atomic E-state index is -0.176. The summed E-state index contributed by atoms with van der Waals surface area (Å²) in [5, 5.41) is 0. The fourth-order valence-corrected chi connectivity index (χ4v) is 2.12. The number of carbonyl (C=O) groups excluding carboxylic acids is 2. The van der Waals surface area contributed by atoms with Gasteiger partial charge in [0.25, 0.3) is 5.91 Å². The van der Waals surface area contributed by atoms with Gasteiger partial charge in [0.1, 0.15) is 0 Å². The van der Waals surface area contributed by atoms with Crippen LogP contribution in [0.15, 0.2) is 24.3 Å². The monoisotopic (exact) mass is 306 g/mol. The average Bonchev–Trinajstić information content (AvgIpc) is 2.53. The lowest BCUT2D eigenvalue weighted by Crippen LogP contribution is -2.27. The van der Waals surface area contributed by atoms with Crippen LogP contribution in [-0.2, 0) is 9.53 Å². The van der Waals surface area contributed by atoms with Crippen LogP contribution >= 0.6 is 0 Å². The minimum absolute atomic E-state index is 0.0262. The predicted octanol–water partition coefficient (Wildman–Crippen LogP) is 2.56. The van der Waals surface area contributed by atoms with Crippen LogP contribution in [0.2, 0.25) is 0 Å². The van der Waals surface area contributed by atoms with Gasteiger partial charge in [0.15, 0.2) is 0 Å². The summed E-state index contributed by atoms with van der Waals surface area (Å²) in [5.41, 5.74) is 1.77. The molecule has 0 N–H and O–H groups in total. The number of ether oxygens (including phenoxy) is 1. The van der Waals surface area contributed by atoms with Crippen molar-refractivity contribution in [3.63, 3.8) is 0 Å². The summed E-state index contributed by atoms with van der Waals surface area (Å²) in [7, 11) is 7.15. The molecule has 122 valence electrons. The number of amides is 1. The number of methoxy groups -OCH3 is 1. The summed E-state index contributed by atoms with van der Waals surface area (Å²) in [5.74, 6) is -0.149. The van der Waals surface area contributed by atoms with E-state index in [1.165, 1.54) is 7.11 Å². The first kappa shape index (κ1) is 18.0. The van der Waals surface area contributed by atoms with Crippen molar-refractivity contribution in [3.05, 3.63) is 29.8 Å². The molecule has 1 aromatic rings. The van der Waals surface area contributed by atoms with Gasteiger partial charge in [-0.25, -0.2) is 0 Å². The van der Waals surface area contributed by atoms with E-state index in [0.717, 1.165) is 24.9 Å². The Balaban J connectivity index is 2.37. The maximum absolute atomic E-state index is 12.3. The number of hydrogen-bond donors (Lipinski definition) is 0. The first-order chi connectivity index (χ1) is 10.5. The molecule has 0 fully saturated rings. The van der Waals surface area contributed by atoms with Gasteiger partial charge in [-0.2, -0.15) is 0 Å². The number of rotatable bonds is 8. The van der Waals surface area contributed by atoms with Gasteiger partial charge in [-0.1, -0.05) is 6.42 Å². The molecule has 0 unspecified atom stereocenters. The van der Waals surface area contributed by atoms with Crippen LogP contribution in [-0.4, -0.2) is 51.6 Å². The lowest BCUT2D eigenvalue weighted by atomic mass is 10.1. The SMILES string of the molecule is COC(=O)CCCCCN(C)C(=O)c1ccc(N(C)C)cc1. The smallest absolute Gasteiger partial charge is 0.305 e. The van der Waals surface area contributed by atoms with Crippen LogP contribution in [0, 0.1) is 0 Å². The third-order valence-corrected chi connectivity index (χ3v) is 3.58. The number of esters is 1. The second-order valence-corrected chi connectivity index (χ2v) is 5.55. The molecular weight excluding hydrogens is 280 g/mol. The number of nitrogens with zero attached hydrogens (tertiary/aromatic N) is 2. The van der Waals surface area contributed by atoms with E-state index < -0.39 is 0 Å². The number of benzene rings is 1. The van der Waals surface area contributed by atoms with Gasteiger partial charge < -0.3 is 14.5 Å². The Labute approximate surface area is 132 Å². The number of anilines is 1. The number of unbranched alkanes of at least 4 members (excludes halogenated alkanes) is 2. The maximum Gasteiger partial charge on any atom is 0.305 e. The average molecular weight is 306 g/mol. The molecule has 0 bridgehead atoms. The van der Waals surface area contributed by atoms with Crippen LogP contribution in [0.3, 0.4) is 0 Å². The fourth-order valence-electron chi connectivity index (χ4n) is 2.12. The molecule has 0 saturated carbocycles. The highest BCUT2D eigenvalue weighted by Crippen LogP contribution is 2.14. The Bertz CT molecular complexity index is 483. The van der Waals surface area contributed by atoms with Gasteiger partial charge in [-0.05, 0) is 37.1 Å². The van der Waals surface area contributed by atoms with E-state index in [1.807, 2.05) is 50.3 Å². The molecule has 1 aromatic carbocycles. The normalized spacial score (nSPS) is 10.2. The summed E-state index contributed by atoms with van der Waals surface area (Å²) in [4.78, 5) is 27.0. The van der Waals surface area contributed by atoms with Crippen molar-refractivity contribution in [3.8, 4) is 0 Å². The zero-order valence-corrected chi connectivity index (χ0v) is 14.0. The molecule has 0 aliphatic rings. The molecule has 5 nitrogen and oxygen atoms in total. The van der Waals surface area contributed by atoms with Crippen LogP contribution in [0.25, 0.3) is 0 Å². The summed E-state index contributed by atoms with van der Waals surface area (Å²) >= 11 is 0. The summed E-state index contributed by atoms with van der Waals surface area (Å²) < 4.78 is 4.59. The lowest BCUT2D eigenvalue weighted by molar-refractivity contribution is -0.140. The van der Waals surface area contributed by atoms with E-state index in [0.29, 0.717) is 18.5 Å². The van der Waals surface area contributed by atoms with E-state index in [1.54, 1.807) is 4.90 Å². The molecule has 1 amide bonds. The molecule has 0 spiro atoms. The van der Waals surface area contributed by atoms with Crippen molar-refractivity contribution < 1.29 is 14.3 Å². The summed E-state index contributed by atoms with van der Waals surface area (Å²) in [6, 6.07) is 7.59. The Morgan fingerprint density at radius 2 is 1.64 bits per heavy atom. The molecule has 0 saturated heterocycles. The van der Waals surface area contributed by atoms with Crippen molar-refractivity contribution in [1.82, 2.24) is 4.90 Å². The van der Waals surface area contributed by atoms with Crippen molar-refractivity contribution in [1.29, 1.82) is 0 Å². The zero-order chi connectivity index (χ0) is 16.5. The molecule has 0 aliphatic heterocycles. The van der Waals surface area contributed by atoms with Crippen molar-refractivity contribution in [2.45, 2.75) is 25.7 Å². The largest absolute Gasteiger partial charge is 0.469 e. The molecule has 1 rings (SSSR count). The molecule has 0 aromatic heterocycles. The van der Waals surface area contributed by atoms with Gasteiger partial charge in [0.2, 0.25) is 0 Å². The first-order valence-corrected chi connectivity index (χ1v) is 7.55. The van der Waals surface area contributed by atoms with Crippen molar-refractivity contribution in [2.75, 3.05) is 39.7 Å². The Hall–Kier alpha value is -2.04. The highest BCUT2D eigenvalue weighted by Gasteiger charge is 2.11. The third-order valence-electron chi connectivity index (χ3n) is 3.58. The topological polar surface area (TPSA) is 49.9 Å². The van der Waals surface area contributed by atoms with Gasteiger partial charge in [0, 0.05) is 45.4 Å². The third kappa shape index (κ3) is 5.76. The van der Waals surface area contributed by atoms with E-state index in [4.69, 9.17) is 0 Å². The molecule has 0 atom stereocenters. The summed E-state index contributed by atoms with van der Waals surface area (Å²) in [6.45, 7) is 0.690. The van der Waals surface area contributed by atoms with Crippen molar-refractivity contribution >= 4 is 17.6 Å². The molecule has 5 heteroatoms. The van der Waals surface area contributed by atoms with Gasteiger partial charge >= 0.3 is 5.97 Å². The molecule has 0 aliphatic carbocycles. The highest BCUT2D eigenvalue weighted by molar-refractivity contribution is 5.94. The van der Waals surface area contributed by atoms with E-state index in [-0.39, 0.29) is 11.9 Å². The molecule has 22 heavy (non-hydrogen) atoms. The minimum Gasteiger partial charge on any atom is -0.469 e. The van der Waals surface area contributed by atoms with Crippen LogP contribution in [0.4, 0.5) is 5.69 Å². The quantitative estimate of drug-likeness (QED) is 0.547. The highest BCUT2D eigenvalue weighted by atomic mass is 16.5. The van der Waals surface area contributed by atoms with Crippen LogP contribution in [0.1, 0.15) is 36.0 Å².